The summed E-state index contributed by atoms with van der Waals surface area (Å²) in [7, 11) is 0. The summed E-state index contributed by atoms with van der Waals surface area (Å²) in [5.41, 5.74) is 0.442. The second-order valence-electron chi connectivity index (χ2n) is 4.02. The van der Waals surface area contributed by atoms with E-state index in [1.54, 1.807) is 36.4 Å². The first-order valence-corrected chi connectivity index (χ1v) is 7.43. The first-order chi connectivity index (χ1) is 10.1. The molecule has 0 radical (unpaired) electrons. The molecule has 1 N–H and O–H groups in total. The molecular formula is C15H13BrClNO3. The van der Waals surface area contributed by atoms with Crippen LogP contribution >= 0.6 is 27.5 Å². The highest BCUT2D eigenvalue weighted by molar-refractivity contribution is 9.10. The van der Waals surface area contributed by atoms with E-state index in [4.69, 9.17) is 21.1 Å². The zero-order chi connectivity index (χ0) is 15.2. The Balaban J connectivity index is 2.16. The van der Waals surface area contributed by atoms with Gasteiger partial charge in [0.1, 0.15) is 5.75 Å². The van der Waals surface area contributed by atoms with E-state index in [0.29, 0.717) is 33.3 Å². The van der Waals surface area contributed by atoms with Crippen molar-refractivity contribution in [1.29, 1.82) is 0 Å². The fraction of sp³-hybridized carbons (Fsp3) is 0.133. The minimum Gasteiger partial charge on any atom is -0.491 e. The molecule has 0 aromatic heterocycles. The molecule has 0 aliphatic carbocycles. The van der Waals surface area contributed by atoms with Crippen LogP contribution in [0.2, 0.25) is 5.02 Å². The van der Waals surface area contributed by atoms with Gasteiger partial charge in [0.05, 0.1) is 16.8 Å². The highest BCUT2D eigenvalue weighted by Gasteiger charge is 2.14. The topological polar surface area (TPSA) is 47.6 Å². The van der Waals surface area contributed by atoms with Gasteiger partial charge in [-0.2, -0.15) is 0 Å². The van der Waals surface area contributed by atoms with Gasteiger partial charge in [0.15, 0.2) is 5.75 Å². The van der Waals surface area contributed by atoms with Gasteiger partial charge in [0.25, 0.3) is 0 Å². The standard InChI is InChI=1S/C15H13BrClNO3/c1-2-20-14-12(16)8-10(17)9-13(14)18-15(19)21-11-6-4-3-5-7-11/h3-9H,2H2,1H3,(H,18,19). The third-order valence-electron chi connectivity index (χ3n) is 2.49. The molecule has 0 saturated carbocycles. The SMILES string of the molecule is CCOc1c(Br)cc(Cl)cc1NC(=O)Oc1ccccc1. The van der Waals surface area contributed by atoms with Gasteiger partial charge in [-0.25, -0.2) is 4.79 Å². The molecule has 0 unspecified atom stereocenters. The van der Waals surface area contributed by atoms with Crippen LogP contribution in [0.4, 0.5) is 10.5 Å². The summed E-state index contributed by atoms with van der Waals surface area (Å²) >= 11 is 9.34. The molecular weight excluding hydrogens is 358 g/mol. The average molecular weight is 371 g/mol. The largest absolute Gasteiger partial charge is 0.491 e. The molecule has 0 aliphatic heterocycles. The second-order valence-corrected chi connectivity index (χ2v) is 5.32. The van der Waals surface area contributed by atoms with Crippen LogP contribution in [0, 0.1) is 0 Å². The molecule has 0 saturated heterocycles. The lowest BCUT2D eigenvalue weighted by Crippen LogP contribution is -2.17. The van der Waals surface area contributed by atoms with E-state index < -0.39 is 6.09 Å². The number of para-hydroxylation sites is 1. The number of halogens is 2. The van der Waals surface area contributed by atoms with Gasteiger partial charge in [-0.15, -0.1) is 0 Å². The van der Waals surface area contributed by atoms with Crippen molar-refractivity contribution in [2.24, 2.45) is 0 Å². The van der Waals surface area contributed by atoms with E-state index >= 15 is 0 Å². The minimum absolute atomic E-state index is 0.442. The molecule has 1 amide bonds. The van der Waals surface area contributed by atoms with Crippen LogP contribution in [0.1, 0.15) is 6.92 Å². The lowest BCUT2D eigenvalue weighted by Gasteiger charge is -2.13. The van der Waals surface area contributed by atoms with E-state index in [9.17, 15) is 4.79 Å². The van der Waals surface area contributed by atoms with Crippen molar-refractivity contribution < 1.29 is 14.3 Å². The van der Waals surface area contributed by atoms with Gasteiger partial charge in [-0.05, 0) is 47.1 Å². The zero-order valence-electron chi connectivity index (χ0n) is 11.2. The van der Waals surface area contributed by atoms with E-state index in [0.717, 1.165) is 0 Å². The highest BCUT2D eigenvalue weighted by atomic mass is 79.9. The molecule has 0 bridgehead atoms. The predicted octanol–water partition coefficient (Wildman–Crippen LogP) is 5.11. The lowest BCUT2D eigenvalue weighted by atomic mass is 10.3. The minimum atomic E-state index is -0.615. The van der Waals surface area contributed by atoms with Crippen LogP contribution < -0.4 is 14.8 Å². The Bertz CT molecular complexity index is 634. The lowest BCUT2D eigenvalue weighted by molar-refractivity contribution is 0.215. The first-order valence-electron chi connectivity index (χ1n) is 6.26. The quantitative estimate of drug-likeness (QED) is 0.813. The maximum Gasteiger partial charge on any atom is 0.417 e. The monoisotopic (exact) mass is 369 g/mol. The third-order valence-corrected chi connectivity index (χ3v) is 3.29. The van der Waals surface area contributed by atoms with Crippen LogP contribution in [0.3, 0.4) is 0 Å². The Morgan fingerprint density at radius 1 is 1.29 bits per heavy atom. The van der Waals surface area contributed by atoms with Gasteiger partial charge in [-0.3, -0.25) is 5.32 Å². The molecule has 0 fully saturated rings. The molecule has 6 heteroatoms. The second kappa shape index (κ2) is 7.33. The highest BCUT2D eigenvalue weighted by Crippen LogP contribution is 2.36. The number of amides is 1. The summed E-state index contributed by atoms with van der Waals surface area (Å²) in [6.07, 6.45) is -0.615. The van der Waals surface area contributed by atoms with Gasteiger partial charge in [-0.1, -0.05) is 29.8 Å². The summed E-state index contributed by atoms with van der Waals surface area (Å²) in [6, 6.07) is 12.1. The molecule has 21 heavy (non-hydrogen) atoms. The van der Waals surface area contributed by atoms with Crippen molar-refractivity contribution in [3.63, 3.8) is 0 Å². The number of anilines is 1. The third kappa shape index (κ3) is 4.37. The molecule has 0 aliphatic rings. The van der Waals surface area contributed by atoms with Crippen LogP contribution in [0.5, 0.6) is 11.5 Å². The molecule has 0 heterocycles. The molecule has 2 aromatic carbocycles. The summed E-state index contributed by atoms with van der Waals surface area (Å²) < 4.78 is 11.3. The fourth-order valence-electron chi connectivity index (χ4n) is 1.68. The summed E-state index contributed by atoms with van der Waals surface area (Å²) in [4.78, 5) is 11.9. The van der Waals surface area contributed by atoms with Crippen LogP contribution in [-0.4, -0.2) is 12.7 Å². The zero-order valence-corrected chi connectivity index (χ0v) is 13.6. The molecule has 4 nitrogen and oxygen atoms in total. The normalized spacial score (nSPS) is 10.0. The maximum absolute atomic E-state index is 11.9. The number of ether oxygens (including phenoxy) is 2. The van der Waals surface area contributed by atoms with Gasteiger partial charge < -0.3 is 9.47 Å². The molecule has 0 atom stereocenters. The number of hydrogen-bond acceptors (Lipinski definition) is 3. The molecule has 110 valence electrons. The summed E-state index contributed by atoms with van der Waals surface area (Å²) in [5.74, 6) is 0.959. The molecule has 2 aromatic rings. The summed E-state index contributed by atoms with van der Waals surface area (Å²) in [5, 5.41) is 3.10. The number of carbonyl (C=O) groups excluding carboxylic acids is 1. The predicted molar refractivity (Wildman–Crippen MR) is 86.4 cm³/mol. The van der Waals surface area contributed by atoms with Gasteiger partial charge >= 0.3 is 6.09 Å². The Hall–Kier alpha value is -1.72. The van der Waals surface area contributed by atoms with Crippen molar-refractivity contribution in [3.8, 4) is 11.5 Å². The number of carbonyl (C=O) groups is 1. The number of benzene rings is 2. The molecule has 2 rings (SSSR count). The van der Waals surface area contributed by atoms with E-state index in [1.807, 2.05) is 13.0 Å². The fourth-order valence-corrected chi connectivity index (χ4v) is 2.60. The van der Waals surface area contributed by atoms with E-state index in [1.165, 1.54) is 0 Å². The Morgan fingerprint density at radius 3 is 2.67 bits per heavy atom. The Kier molecular flexibility index (Phi) is 5.47. The van der Waals surface area contributed by atoms with Crippen LogP contribution in [0.25, 0.3) is 0 Å². The van der Waals surface area contributed by atoms with E-state index in [-0.39, 0.29) is 0 Å². The number of nitrogens with one attached hydrogen (secondary N) is 1. The van der Waals surface area contributed by atoms with E-state index in [2.05, 4.69) is 21.2 Å². The van der Waals surface area contributed by atoms with Crippen molar-refractivity contribution in [3.05, 3.63) is 52.0 Å². The number of rotatable bonds is 4. The van der Waals surface area contributed by atoms with Gasteiger partial charge in [0.2, 0.25) is 0 Å². The van der Waals surface area contributed by atoms with Gasteiger partial charge in [0, 0.05) is 5.02 Å². The van der Waals surface area contributed by atoms with Crippen molar-refractivity contribution in [1.82, 2.24) is 0 Å². The summed E-state index contributed by atoms with van der Waals surface area (Å²) in [6.45, 7) is 2.32. The maximum atomic E-state index is 11.9. The Morgan fingerprint density at radius 2 is 2.00 bits per heavy atom. The van der Waals surface area contributed by atoms with Crippen molar-refractivity contribution in [2.45, 2.75) is 6.92 Å². The first kappa shape index (κ1) is 15.7. The Labute approximate surface area is 136 Å². The number of hydrogen-bond donors (Lipinski definition) is 1. The van der Waals surface area contributed by atoms with Crippen molar-refractivity contribution in [2.75, 3.05) is 11.9 Å². The van der Waals surface area contributed by atoms with Crippen molar-refractivity contribution >= 4 is 39.3 Å². The van der Waals surface area contributed by atoms with Crippen LogP contribution in [-0.2, 0) is 0 Å². The molecule has 0 spiro atoms. The van der Waals surface area contributed by atoms with Crippen LogP contribution in [0.15, 0.2) is 46.9 Å². The average Bonchev–Trinajstić information content (AvgIpc) is 2.43. The smallest absolute Gasteiger partial charge is 0.417 e.